The molecule has 0 radical (unpaired) electrons. The molecule has 2 N–H and O–H groups in total. The molecule has 0 spiro atoms. The number of halogens is 2. The average molecular weight is 415 g/mol. The van der Waals surface area contributed by atoms with Gasteiger partial charge in [0, 0.05) is 0 Å². The molecule has 0 rings (SSSR count). The number of rotatable bonds is 0. The van der Waals surface area contributed by atoms with Gasteiger partial charge in [0.2, 0.25) is 0 Å². The second kappa shape index (κ2) is 6.96. The maximum atomic E-state index is 8.74. The molecular weight excluding hydrogens is 413 g/mol. The molecule has 0 bridgehead atoms. The van der Waals surface area contributed by atoms with Gasteiger partial charge in [-0.3, -0.25) is 9.11 Å². The summed E-state index contributed by atoms with van der Waals surface area (Å²) in [5, 5.41) is 0. The third-order valence-corrected chi connectivity index (χ3v) is 0. The van der Waals surface area contributed by atoms with E-state index >= 15 is 0 Å². The zero-order chi connectivity index (χ0) is 7.21. The third-order valence-electron chi connectivity index (χ3n) is 0. The fraction of sp³-hybridized carbons (Fsp3) is 0. The Balaban J connectivity index is 0. The van der Waals surface area contributed by atoms with Crippen molar-refractivity contribution in [1.29, 1.82) is 0 Å². The van der Waals surface area contributed by atoms with Gasteiger partial charge in [-0.25, -0.2) is 0 Å². The Kier molecular flexibility index (Phi) is 10.9. The summed E-state index contributed by atoms with van der Waals surface area (Å²) in [6, 6.07) is 0. The number of hydrogen-bond donors (Lipinski definition) is 2. The second-order valence-electron chi connectivity index (χ2n) is 0.491. The Bertz CT molecular complexity index is 108. The van der Waals surface area contributed by atoms with Crippen LogP contribution in [0.3, 0.4) is 0 Å². The van der Waals surface area contributed by atoms with E-state index < -0.39 is 10.4 Å². The Labute approximate surface area is 76.0 Å². The van der Waals surface area contributed by atoms with Crippen LogP contribution in [0, 0.1) is 0 Å². The van der Waals surface area contributed by atoms with Crippen LogP contribution in [0.5, 0.6) is 0 Å². The minimum atomic E-state index is -4.67. The summed E-state index contributed by atoms with van der Waals surface area (Å²) < 4.78 is 31.6. The third kappa shape index (κ3) is 108. The van der Waals surface area contributed by atoms with Crippen LogP contribution in [0.1, 0.15) is 0 Å². The van der Waals surface area contributed by atoms with Crippen LogP contribution in [-0.4, -0.2) is 17.5 Å². The van der Waals surface area contributed by atoms with Crippen LogP contribution in [-0.2, 0) is 18.9 Å². The Morgan fingerprint density at radius 3 is 1.25 bits per heavy atom. The predicted molar refractivity (Wildman–Crippen MR) is 42.2 cm³/mol. The monoisotopic (exact) mass is 415 g/mol. The van der Waals surface area contributed by atoms with Crippen LogP contribution < -0.4 is 0 Å². The average Bonchev–Trinajstić information content (AvgIpc) is 1.27. The first-order valence-electron chi connectivity index (χ1n) is 0.926. The van der Waals surface area contributed by atoms with E-state index in [1.54, 1.807) is 8.46 Å². The molecule has 0 aromatic carbocycles. The van der Waals surface area contributed by atoms with Gasteiger partial charge in [0.25, 0.3) is 0 Å². The Hall–Kier alpha value is 1.85. The molecule has 0 saturated heterocycles. The summed E-state index contributed by atoms with van der Waals surface area (Å²) in [5.74, 6) is 0. The van der Waals surface area contributed by atoms with Gasteiger partial charge in [-0.15, -0.1) is 0 Å². The van der Waals surface area contributed by atoms with Crippen molar-refractivity contribution < 1.29 is 26.0 Å². The van der Waals surface area contributed by atoms with Crippen molar-refractivity contribution in [2.75, 3.05) is 0 Å². The van der Waals surface area contributed by atoms with Crippen LogP contribution >= 0.6 is 40.7 Å². The molecule has 0 aromatic heterocycles. The maximum absolute atomic E-state index is 8.74. The topological polar surface area (TPSA) is 74.6 Å². The van der Waals surface area contributed by atoms with Gasteiger partial charge in [0.05, 0.1) is 0 Å². The molecule has 0 heterocycles. The van der Waals surface area contributed by atoms with Gasteiger partial charge < -0.3 is 0 Å². The molecule has 8 heavy (non-hydrogen) atoms. The van der Waals surface area contributed by atoms with E-state index in [1.807, 2.05) is 0 Å². The van der Waals surface area contributed by atoms with E-state index in [0.717, 1.165) is 0 Å². The molecule has 4 nitrogen and oxygen atoms in total. The van der Waals surface area contributed by atoms with Crippen LogP contribution in [0.15, 0.2) is 0 Å². The second-order valence-corrected chi connectivity index (χ2v) is 9.34. The normalized spacial score (nSPS) is 10.0. The molecular formula is H2CuI2O4S. The van der Waals surface area contributed by atoms with Crippen LogP contribution in [0.25, 0.3) is 0 Å². The first-order chi connectivity index (χ1) is 3.41. The predicted octanol–water partition coefficient (Wildman–Crippen LogP) is 1.12. The van der Waals surface area contributed by atoms with Gasteiger partial charge in [-0.05, 0) is 0 Å². The van der Waals surface area contributed by atoms with Crippen molar-refractivity contribution in [3.8, 4) is 0 Å². The molecule has 0 atom stereocenters. The summed E-state index contributed by atoms with van der Waals surface area (Å²) in [6.45, 7) is 0. The fourth-order valence-corrected chi connectivity index (χ4v) is 0. The first-order valence-corrected chi connectivity index (χ1v) is 8.40. The molecule has 0 saturated carbocycles. The van der Waals surface area contributed by atoms with E-state index in [-0.39, 0.29) is 0 Å². The van der Waals surface area contributed by atoms with E-state index in [4.69, 9.17) is 17.5 Å². The van der Waals surface area contributed by atoms with Crippen molar-refractivity contribution in [1.82, 2.24) is 0 Å². The molecule has 0 aliphatic heterocycles. The summed E-state index contributed by atoms with van der Waals surface area (Å²) in [4.78, 5) is 0. The van der Waals surface area contributed by atoms with Crippen molar-refractivity contribution in [2.45, 2.75) is 0 Å². The quantitative estimate of drug-likeness (QED) is 0.353. The SMILES string of the molecule is O=S(=O)(O)O.[I][Cu][I]. The van der Waals surface area contributed by atoms with Crippen LogP contribution in [0.4, 0.5) is 0 Å². The minimum absolute atomic E-state index is 1.75. The van der Waals surface area contributed by atoms with E-state index in [1.165, 1.54) is 0 Å². The zero-order valence-corrected chi connectivity index (χ0v) is 9.25. The van der Waals surface area contributed by atoms with E-state index in [9.17, 15) is 0 Å². The van der Waals surface area contributed by atoms with Crippen LogP contribution in [0.2, 0.25) is 0 Å². The van der Waals surface area contributed by atoms with Crippen molar-refractivity contribution in [3.05, 3.63) is 0 Å². The molecule has 0 aromatic rings. The van der Waals surface area contributed by atoms with Gasteiger partial charge in [-0.1, -0.05) is 0 Å². The standard InChI is InChI=1S/Cu.2HI.H2O4S/c;;;1-5(2,3)4/h;2*1H;(H2,1,2,3,4)/q+2;;;/p-2. The molecule has 0 unspecified atom stereocenters. The van der Waals surface area contributed by atoms with Gasteiger partial charge in [0.15, 0.2) is 0 Å². The van der Waals surface area contributed by atoms with Gasteiger partial charge >= 0.3 is 59.5 Å². The van der Waals surface area contributed by atoms with Crippen molar-refractivity contribution in [2.24, 2.45) is 0 Å². The molecule has 0 amide bonds. The first kappa shape index (κ1) is 12.5. The summed E-state index contributed by atoms with van der Waals surface area (Å²) in [7, 11) is -2.91. The fourth-order valence-electron chi connectivity index (χ4n) is 0. The van der Waals surface area contributed by atoms with Gasteiger partial charge in [0.1, 0.15) is 0 Å². The van der Waals surface area contributed by atoms with Gasteiger partial charge in [-0.2, -0.15) is 8.42 Å². The Morgan fingerprint density at radius 2 is 1.25 bits per heavy atom. The summed E-state index contributed by atoms with van der Waals surface area (Å²) in [5.41, 5.74) is 0. The van der Waals surface area contributed by atoms with Crippen molar-refractivity contribution in [3.63, 3.8) is 0 Å². The molecule has 0 aliphatic carbocycles. The number of hydrogen-bond acceptors (Lipinski definition) is 2. The molecule has 8 heteroatoms. The molecule has 57 valence electrons. The zero-order valence-electron chi connectivity index (χ0n) is 3.18. The molecule has 0 aliphatic rings. The van der Waals surface area contributed by atoms with E-state index in [0.29, 0.717) is 0 Å². The Morgan fingerprint density at radius 1 is 1.25 bits per heavy atom. The summed E-state index contributed by atoms with van der Waals surface area (Å²) in [6.07, 6.45) is 0. The van der Waals surface area contributed by atoms with E-state index in [2.05, 4.69) is 40.7 Å². The van der Waals surface area contributed by atoms with Crippen molar-refractivity contribution >= 4 is 51.1 Å². The molecule has 0 fully saturated rings. The summed E-state index contributed by atoms with van der Waals surface area (Å²) >= 11 is 4.36.